The number of rotatable bonds is 5. The number of hydrogen-bond acceptors (Lipinski definition) is 6. The number of anilines is 1. The molecule has 6 nitrogen and oxygen atoms in total. The first-order valence-corrected chi connectivity index (χ1v) is 6.88. The summed E-state index contributed by atoms with van der Waals surface area (Å²) in [6.07, 6.45) is 3.59. The van der Waals surface area contributed by atoms with Crippen molar-refractivity contribution in [1.29, 1.82) is 0 Å². The molecule has 0 atom stereocenters. The molecule has 0 bridgehead atoms. The minimum atomic E-state index is -0.398. The number of thiazole rings is 1. The minimum absolute atomic E-state index is 0.337. The predicted molar refractivity (Wildman–Crippen MR) is 74.4 cm³/mol. The summed E-state index contributed by atoms with van der Waals surface area (Å²) in [5.41, 5.74) is 1.23. The molecule has 0 amide bonds. The van der Waals surface area contributed by atoms with Crippen LogP contribution in [0.2, 0.25) is 0 Å². The molecule has 0 saturated heterocycles. The summed E-state index contributed by atoms with van der Waals surface area (Å²) in [7, 11) is 1.84. The number of nitrogens with one attached hydrogen (secondary N) is 1. The number of aromatic nitrogens is 3. The standard InChI is InChI=1S/C12H16N4O2S/c1-4-13-11-9(12(17)18-5-2)15-10(19-11)8-6-14-16(3)7-8/h6-7,13H,4-5H2,1-3H3. The Kier molecular flexibility index (Phi) is 4.16. The maximum atomic E-state index is 11.9. The fourth-order valence-corrected chi connectivity index (χ4v) is 2.59. The molecule has 0 aromatic carbocycles. The zero-order valence-electron chi connectivity index (χ0n) is 11.1. The number of carbonyl (C=O) groups is 1. The molecule has 7 heteroatoms. The van der Waals surface area contributed by atoms with E-state index in [1.807, 2.05) is 20.2 Å². The van der Waals surface area contributed by atoms with Crippen LogP contribution in [-0.4, -0.2) is 33.9 Å². The molecule has 0 radical (unpaired) electrons. The zero-order chi connectivity index (χ0) is 13.8. The fourth-order valence-electron chi connectivity index (χ4n) is 1.59. The van der Waals surface area contributed by atoms with E-state index >= 15 is 0 Å². The van der Waals surface area contributed by atoms with Crippen LogP contribution in [0.4, 0.5) is 5.00 Å². The third kappa shape index (κ3) is 2.93. The Hall–Kier alpha value is -1.89. The maximum Gasteiger partial charge on any atom is 0.360 e. The third-order valence-electron chi connectivity index (χ3n) is 2.39. The Morgan fingerprint density at radius 3 is 2.89 bits per heavy atom. The molecular weight excluding hydrogens is 264 g/mol. The smallest absolute Gasteiger partial charge is 0.360 e. The van der Waals surface area contributed by atoms with Gasteiger partial charge in [0.25, 0.3) is 0 Å². The summed E-state index contributed by atoms with van der Waals surface area (Å²) >= 11 is 1.43. The summed E-state index contributed by atoms with van der Waals surface area (Å²) in [4.78, 5) is 16.2. The van der Waals surface area contributed by atoms with Gasteiger partial charge in [-0.15, -0.1) is 0 Å². The van der Waals surface area contributed by atoms with Gasteiger partial charge in [-0.25, -0.2) is 9.78 Å². The highest BCUT2D eigenvalue weighted by atomic mass is 32.1. The molecule has 0 spiro atoms. The van der Waals surface area contributed by atoms with Crippen LogP contribution in [-0.2, 0) is 11.8 Å². The Labute approximate surface area is 115 Å². The van der Waals surface area contributed by atoms with Crippen molar-refractivity contribution >= 4 is 22.3 Å². The fraction of sp³-hybridized carbons (Fsp3) is 0.417. The van der Waals surface area contributed by atoms with Crippen LogP contribution in [0.1, 0.15) is 24.3 Å². The van der Waals surface area contributed by atoms with E-state index in [1.165, 1.54) is 11.3 Å². The van der Waals surface area contributed by atoms with Crippen LogP contribution in [0, 0.1) is 0 Å². The van der Waals surface area contributed by atoms with Crippen LogP contribution in [0.15, 0.2) is 12.4 Å². The molecule has 0 aliphatic heterocycles. The number of hydrogen-bond donors (Lipinski definition) is 1. The largest absolute Gasteiger partial charge is 0.461 e. The maximum absolute atomic E-state index is 11.9. The van der Waals surface area contributed by atoms with Gasteiger partial charge in [0.05, 0.1) is 12.8 Å². The van der Waals surface area contributed by atoms with Crippen molar-refractivity contribution in [3.8, 4) is 10.6 Å². The lowest BCUT2D eigenvalue weighted by molar-refractivity contribution is 0.0521. The highest BCUT2D eigenvalue weighted by Crippen LogP contribution is 2.32. The number of nitrogens with zero attached hydrogens (tertiary/aromatic N) is 3. The lowest BCUT2D eigenvalue weighted by Gasteiger charge is -2.02. The van der Waals surface area contributed by atoms with E-state index in [0.717, 1.165) is 22.1 Å². The first-order valence-electron chi connectivity index (χ1n) is 6.06. The van der Waals surface area contributed by atoms with Gasteiger partial charge in [0.15, 0.2) is 5.69 Å². The molecule has 1 N–H and O–H groups in total. The molecule has 19 heavy (non-hydrogen) atoms. The molecule has 2 heterocycles. The van der Waals surface area contributed by atoms with Gasteiger partial charge in [-0.1, -0.05) is 11.3 Å². The average molecular weight is 280 g/mol. The zero-order valence-corrected chi connectivity index (χ0v) is 12.0. The second-order valence-electron chi connectivity index (χ2n) is 3.85. The second kappa shape index (κ2) is 5.83. The average Bonchev–Trinajstić information content (AvgIpc) is 2.96. The normalized spacial score (nSPS) is 10.5. The van der Waals surface area contributed by atoms with E-state index in [4.69, 9.17) is 4.74 Å². The number of aryl methyl sites for hydroxylation is 1. The molecule has 0 aliphatic carbocycles. The molecular formula is C12H16N4O2S. The molecule has 0 aliphatic rings. The Morgan fingerprint density at radius 2 is 2.32 bits per heavy atom. The van der Waals surface area contributed by atoms with Crippen molar-refractivity contribution in [2.45, 2.75) is 13.8 Å². The van der Waals surface area contributed by atoms with E-state index in [2.05, 4.69) is 15.4 Å². The quantitative estimate of drug-likeness (QED) is 0.850. The first kappa shape index (κ1) is 13.5. The summed E-state index contributed by atoms with van der Waals surface area (Å²) in [6.45, 7) is 4.81. The summed E-state index contributed by atoms with van der Waals surface area (Å²) < 4.78 is 6.72. The van der Waals surface area contributed by atoms with E-state index < -0.39 is 5.97 Å². The van der Waals surface area contributed by atoms with Gasteiger partial charge >= 0.3 is 5.97 Å². The van der Waals surface area contributed by atoms with Crippen molar-refractivity contribution in [3.05, 3.63) is 18.1 Å². The predicted octanol–water partition coefficient (Wildman–Crippen LogP) is 2.15. The topological polar surface area (TPSA) is 69.0 Å². The Balaban J connectivity index is 2.37. The molecule has 0 fully saturated rings. The van der Waals surface area contributed by atoms with Gasteiger partial charge in [-0.05, 0) is 13.8 Å². The summed E-state index contributed by atoms with van der Waals surface area (Å²) in [5, 5.41) is 8.74. The van der Waals surface area contributed by atoms with E-state index in [1.54, 1.807) is 17.8 Å². The van der Waals surface area contributed by atoms with Gasteiger partial charge in [0.1, 0.15) is 10.0 Å². The molecule has 2 aromatic rings. The lowest BCUT2D eigenvalue weighted by Crippen LogP contribution is -2.08. The molecule has 0 saturated carbocycles. The molecule has 2 rings (SSSR count). The van der Waals surface area contributed by atoms with Gasteiger partial charge < -0.3 is 10.1 Å². The van der Waals surface area contributed by atoms with Crippen molar-refractivity contribution < 1.29 is 9.53 Å². The monoisotopic (exact) mass is 280 g/mol. The van der Waals surface area contributed by atoms with Gasteiger partial charge in [0, 0.05) is 25.4 Å². The minimum Gasteiger partial charge on any atom is -0.461 e. The molecule has 102 valence electrons. The van der Waals surface area contributed by atoms with Gasteiger partial charge in [-0.2, -0.15) is 5.10 Å². The third-order valence-corrected chi connectivity index (χ3v) is 3.45. The van der Waals surface area contributed by atoms with Crippen molar-refractivity contribution in [2.24, 2.45) is 7.05 Å². The van der Waals surface area contributed by atoms with Crippen molar-refractivity contribution in [1.82, 2.24) is 14.8 Å². The van der Waals surface area contributed by atoms with Crippen LogP contribution in [0.25, 0.3) is 10.6 Å². The van der Waals surface area contributed by atoms with Crippen molar-refractivity contribution in [2.75, 3.05) is 18.5 Å². The van der Waals surface area contributed by atoms with Crippen molar-refractivity contribution in [3.63, 3.8) is 0 Å². The second-order valence-corrected chi connectivity index (χ2v) is 4.85. The van der Waals surface area contributed by atoms with Crippen LogP contribution in [0.3, 0.4) is 0 Å². The van der Waals surface area contributed by atoms with E-state index in [-0.39, 0.29) is 0 Å². The highest BCUT2D eigenvalue weighted by molar-refractivity contribution is 7.19. The van der Waals surface area contributed by atoms with E-state index in [0.29, 0.717) is 12.3 Å². The van der Waals surface area contributed by atoms with E-state index in [9.17, 15) is 4.79 Å². The highest BCUT2D eigenvalue weighted by Gasteiger charge is 2.20. The molecule has 2 aromatic heterocycles. The molecule has 0 unspecified atom stereocenters. The number of ether oxygens (including phenoxy) is 1. The van der Waals surface area contributed by atoms with Crippen LogP contribution < -0.4 is 5.32 Å². The SMILES string of the molecule is CCNc1sc(-c2cnn(C)c2)nc1C(=O)OCC. The first-order chi connectivity index (χ1) is 9.15. The van der Waals surface area contributed by atoms with Crippen LogP contribution in [0.5, 0.6) is 0 Å². The van der Waals surface area contributed by atoms with Gasteiger partial charge in [-0.3, -0.25) is 4.68 Å². The summed E-state index contributed by atoms with van der Waals surface area (Å²) in [6, 6.07) is 0. The van der Waals surface area contributed by atoms with Crippen LogP contribution >= 0.6 is 11.3 Å². The Bertz CT molecular complexity index is 576. The number of esters is 1. The lowest BCUT2D eigenvalue weighted by atomic mass is 10.4. The Morgan fingerprint density at radius 1 is 1.53 bits per heavy atom. The summed E-state index contributed by atoms with van der Waals surface area (Å²) in [5.74, 6) is -0.398. The van der Waals surface area contributed by atoms with Gasteiger partial charge in [0.2, 0.25) is 0 Å². The number of carbonyl (C=O) groups excluding carboxylic acids is 1.